The monoisotopic (exact) mass is 213 g/mol. The molecule has 0 saturated heterocycles. The number of Topliss-reactive ketones (excluding diaryl/α,β-unsaturated/α-hetero) is 1. The first-order chi connectivity index (χ1) is 7.61. The molecule has 2 aromatic rings. The number of carbonyl (C=O) groups is 1. The van der Waals surface area contributed by atoms with Crippen molar-refractivity contribution in [2.45, 2.75) is 20.8 Å². The summed E-state index contributed by atoms with van der Waals surface area (Å²) in [7, 11) is 0. The van der Waals surface area contributed by atoms with Crippen molar-refractivity contribution < 1.29 is 4.79 Å². The van der Waals surface area contributed by atoms with Crippen molar-refractivity contribution in [3.8, 4) is 5.69 Å². The Morgan fingerprint density at radius 3 is 2.12 bits per heavy atom. The van der Waals surface area contributed by atoms with Crippen LogP contribution in [0.4, 0.5) is 0 Å². The van der Waals surface area contributed by atoms with E-state index in [1.807, 2.05) is 38.1 Å². The standard InChI is InChI=1S/C14H15NO/c1-10-8-9-11(2)15(10)14-7-5-4-6-13(14)12(3)16/h4-9H,1-3H3. The van der Waals surface area contributed by atoms with E-state index in [2.05, 4.69) is 16.7 Å². The van der Waals surface area contributed by atoms with Crippen molar-refractivity contribution in [3.05, 3.63) is 53.3 Å². The normalized spacial score (nSPS) is 10.4. The lowest BCUT2D eigenvalue weighted by Crippen LogP contribution is -2.05. The SMILES string of the molecule is CC(=O)c1ccccc1-n1c(C)ccc1C. The highest BCUT2D eigenvalue weighted by molar-refractivity contribution is 5.97. The van der Waals surface area contributed by atoms with E-state index in [0.717, 1.165) is 22.6 Å². The van der Waals surface area contributed by atoms with Crippen LogP contribution in [-0.2, 0) is 0 Å². The molecule has 0 saturated carbocycles. The number of rotatable bonds is 2. The summed E-state index contributed by atoms with van der Waals surface area (Å²) in [6.45, 7) is 5.70. The fourth-order valence-electron chi connectivity index (χ4n) is 2.01. The third-order valence-corrected chi connectivity index (χ3v) is 2.80. The Bertz CT molecular complexity index is 518. The number of hydrogen-bond donors (Lipinski definition) is 0. The molecule has 0 aliphatic rings. The lowest BCUT2D eigenvalue weighted by Gasteiger charge is -2.12. The van der Waals surface area contributed by atoms with Crippen molar-refractivity contribution in [1.29, 1.82) is 0 Å². The highest BCUT2D eigenvalue weighted by Gasteiger charge is 2.10. The molecule has 1 aromatic carbocycles. The summed E-state index contributed by atoms with van der Waals surface area (Å²) in [5.74, 6) is 0.100. The Morgan fingerprint density at radius 2 is 1.56 bits per heavy atom. The summed E-state index contributed by atoms with van der Waals surface area (Å²) in [5.41, 5.74) is 4.03. The number of carbonyl (C=O) groups excluding carboxylic acids is 1. The van der Waals surface area contributed by atoms with Gasteiger partial charge in [0.1, 0.15) is 0 Å². The Labute approximate surface area is 95.5 Å². The number of aryl methyl sites for hydroxylation is 2. The molecular weight excluding hydrogens is 198 g/mol. The fourth-order valence-corrected chi connectivity index (χ4v) is 2.01. The Hall–Kier alpha value is -1.83. The zero-order valence-corrected chi connectivity index (χ0v) is 9.82. The van der Waals surface area contributed by atoms with Gasteiger partial charge in [0, 0.05) is 17.0 Å². The van der Waals surface area contributed by atoms with Crippen LogP contribution in [0.2, 0.25) is 0 Å². The first-order valence-electron chi connectivity index (χ1n) is 5.36. The van der Waals surface area contributed by atoms with Gasteiger partial charge in [0.15, 0.2) is 5.78 Å². The minimum absolute atomic E-state index is 0.100. The maximum atomic E-state index is 11.6. The molecule has 0 atom stereocenters. The second-order valence-electron chi connectivity index (χ2n) is 4.02. The molecule has 16 heavy (non-hydrogen) atoms. The Kier molecular flexibility index (Phi) is 2.65. The van der Waals surface area contributed by atoms with Crippen molar-refractivity contribution in [3.63, 3.8) is 0 Å². The van der Waals surface area contributed by atoms with E-state index in [4.69, 9.17) is 0 Å². The number of aromatic nitrogens is 1. The van der Waals surface area contributed by atoms with Gasteiger partial charge in [-0.05, 0) is 45.0 Å². The molecule has 2 rings (SSSR count). The number of benzene rings is 1. The first kappa shape index (κ1) is 10.7. The third kappa shape index (κ3) is 1.67. The second kappa shape index (κ2) is 3.97. The molecule has 0 radical (unpaired) electrons. The van der Waals surface area contributed by atoms with Crippen LogP contribution in [0, 0.1) is 13.8 Å². The maximum absolute atomic E-state index is 11.6. The zero-order chi connectivity index (χ0) is 11.7. The molecular formula is C14H15NO. The van der Waals surface area contributed by atoms with Crippen LogP contribution in [0.15, 0.2) is 36.4 Å². The van der Waals surface area contributed by atoms with Gasteiger partial charge in [-0.3, -0.25) is 4.79 Å². The predicted molar refractivity (Wildman–Crippen MR) is 65.2 cm³/mol. The van der Waals surface area contributed by atoms with Gasteiger partial charge in [-0.25, -0.2) is 0 Å². The second-order valence-corrected chi connectivity index (χ2v) is 4.02. The summed E-state index contributed by atoms with van der Waals surface area (Å²) in [6.07, 6.45) is 0. The van der Waals surface area contributed by atoms with Crippen LogP contribution in [-0.4, -0.2) is 10.4 Å². The largest absolute Gasteiger partial charge is 0.318 e. The van der Waals surface area contributed by atoms with Crippen LogP contribution in [0.3, 0.4) is 0 Å². The lowest BCUT2D eigenvalue weighted by atomic mass is 10.1. The first-order valence-corrected chi connectivity index (χ1v) is 5.36. The number of hydrogen-bond acceptors (Lipinski definition) is 1. The van der Waals surface area contributed by atoms with E-state index in [1.54, 1.807) is 6.92 Å². The minimum Gasteiger partial charge on any atom is -0.318 e. The van der Waals surface area contributed by atoms with Crippen molar-refractivity contribution in [1.82, 2.24) is 4.57 Å². The minimum atomic E-state index is 0.100. The maximum Gasteiger partial charge on any atom is 0.161 e. The summed E-state index contributed by atoms with van der Waals surface area (Å²) in [5, 5.41) is 0. The molecule has 2 nitrogen and oxygen atoms in total. The predicted octanol–water partition coefficient (Wildman–Crippen LogP) is 3.30. The topological polar surface area (TPSA) is 22.0 Å². The van der Waals surface area contributed by atoms with Gasteiger partial charge in [0.2, 0.25) is 0 Å². The lowest BCUT2D eigenvalue weighted by molar-refractivity contribution is 0.101. The van der Waals surface area contributed by atoms with Crippen molar-refractivity contribution in [2.24, 2.45) is 0 Å². The fraction of sp³-hybridized carbons (Fsp3) is 0.214. The highest BCUT2D eigenvalue weighted by atomic mass is 16.1. The molecule has 0 aliphatic heterocycles. The van der Waals surface area contributed by atoms with Gasteiger partial charge in [0.05, 0.1) is 5.69 Å². The molecule has 0 spiro atoms. The van der Waals surface area contributed by atoms with E-state index in [9.17, 15) is 4.79 Å². The van der Waals surface area contributed by atoms with Crippen LogP contribution >= 0.6 is 0 Å². The third-order valence-electron chi connectivity index (χ3n) is 2.80. The molecule has 0 bridgehead atoms. The van der Waals surface area contributed by atoms with Crippen molar-refractivity contribution in [2.75, 3.05) is 0 Å². The molecule has 0 fully saturated rings. The summed E-state index contributed by atoms with van der Waals surface area (Å²) < 4.78 is 2.11. The summed E-state index contributed by atoms with van der Waals surface area (Å²) in [6, 6.07) is 11.8. The number of para-hydroxylation sites is 1. The molecule has 0 N–H and O–H groups in total. The smallest absolute Gasteiger partial charge is 0.161 e. The van der Waals surface area contributed by atoms with Crippen molar-refractivity contribution >= 4 is 5.78 Å². The van der Waals surface area contributed by atoms with Gasteiger partial charge in [0.25, 0.3) is 0 Å². The van der Waals surface area contributed by atoms with Gasteiger partial charge in [-0.1, -0.05) is 12.1 Å². The average molecular weight is 213 g/mol. The number of nitrogens with zero attached hydrogens (tertiary/aromatic N) is 1. The molecule has 0 amide bonds. The van der Waals surface area contributed by atoms with Crippen LogP contribution in [0.1, 0.15) is 28.7 Å². The van der Waals surface area contributed by atoms with Crippen LogP contribution in [0.25, 0.3) is 5.69 Å². The number of ketones is 1. The summed E-state index contributed by atoms with van der Waals surface area (Å²) >= 11 is 0. The van der Waals surface area contributed by atoms with Gasteiger partial charge < -0.3 is 4.57 Å². The molecule has 82 valence electrons. The van der Waals surface area contributed by atoms with E-state index in [0.29, 0.717) is 0 Å². The van der Waals surface area contributed by atoms with Crippen LogP contribution < -0.4 is 0 Å². The quantitative estimate of drug-likeness (QED) is 0.701. The van der Waals surface area contributed by atoms with Gasteiger partial charge in [-0.15, -0.1) is 0 Å². The van der Waals surface area contributed by atoms with E-state index < -0.39 is 0 Å². The van der Waals surface area contributed by atoms with E-state index >= 15 is 0 Å². The van der Waals surface area contributed by atoms with Gasteiger partial charge >= 0.3 is 0 Å². The zero-order valence-electron chi connectivity index (χ0n) is 9.82. The molecule has 1 aromatic heterocycles. The van der Waals surface area contributed by atoms with Crippen LogP contribution in [0.5, 0.6) is 0 Å². The Morgan fingerprint density at radius 1 is 1.00 bits per heavy atom. The Balaban J connectivity index is 2.69. The van der Waals surface area contributed by atoms with E-state index in [-0.39, 0.29) is 5.78 Å². The van der Waals surface area contributed by atoms with Gasteiger partial charge in [-0.2, -0.15) is 0 Å². The molecule has 0 aliphatic carbocycles. The molecule has 2 heteroatoms. The average Bonchev–Trinajstić information content (AvgIpc) is 2.58. The van der Waals surface area contributed by atoms with E-state index in [1.165, 1.54) is 0 Å². The molecule has 0 unspecified atom stereocenters. The highest BCUT2D eigenvalue weighted by Crippen LogP contribution is 2.20. The summed E-state index contributed by atoms with van der Waals surface area (Å²) in [4.78, 5) is 11.6. The molecule has 1 heterocycles.